The van der Waals surface area contributed by atoms with Gasteiger partial charge in [-0.2, -0.15) is 0 Å². The first-order chi connectivity index (χ1) is 12.7. The van der Waals surface area contributed by atoms with E-state index in [-0.39, 0.29) is 11.1 Å². The van der Waals surface area contributed by atoms with Crippen molar-refractivity contribution in [2.75, 3.05) is 16.5 Å². The summed E-state index contributed by atoms with van der Waals surface area (Å²) in [6.07, 6.45) is 4.80. The van der Waals surface area contributed by atoms with Crippen molar-refractivity contribution in [3.63, 3.8) is 0 Å². The van der Waals surface area contributed by atoms with E-state index in [1.807, 2.05) is 0 Å². The molecule has 0 aliphatic carbocycles. The number of para-hydroxylation sites is 2. The highest BCUT2D eigenvalue weighted by atomic mass is 15.4. The number of hydrogen-bond acceptors (Lipinski definition) is 2. The highest BCUT2D eigenvalue weighted by Crippen LogP contribution is 2.43. The molecular formula is C25H30N2. The molecule has 0 aromatic heterocycles. The molecule has 2 heterocycles. The van der Waals surface area contributed by atoms with Crippen LogP contribution in [0.4, 0.5) is 11.4 Å². The molecule has 140 valence electrons. The highest BCUT2D eigenvalue weighted by molar-refractivity contribution is 5.83. The van der Waals surface area contributed by atoms with E-state index in [0.717, 1.165) is 6.67 Å². The minimum Gasteiger partial charge on any atom is -0.345 e. The van der Waals surface area contributed by atoms with Crippen LogP contribution in [0.15, 0.2) is 60.7 Å². The molecule has 0 bridgehead atoms. The summed E-state index contributed by atoms with van der Waals surface area (Å²) in [6, 6.07) is 17.6. The van der Waals surface area contributed by atoms with Crippen LogP contribution in [0.25, 0.3) is 11.1 Å². The van der Waals surface area contributed by atoms with E-state index in [2.05, 4.69) is 112 Å². The molecule has 0 atom stereocenters. The lowest BCUT2D eigenvalue weighted by atomic mass is 9.87. The normalized spacial score (nSPS) is 19.8. The maximum absolute atomic E-state index is 2.54. The number of anilines is 2. The van der Waals surface area contributed by atoms with Crippen molar-refractivity contribution in [2.45, 2.75) is 52.6 Å². The van der Waals surface area contributed by atoms with Crippen molar-refractivity contribution in [1.82, 2.24) is 0 Å². The van der Waals surface area contributed by atoms with Crippen LogP contribution in [-0.2, 0) is 0 Å². The van der Waals surface area contributed by atoms with Gasteiger partial charge in [-0.15, -0.1) is 0 Å². The van der Waals surface area contributed by atoms with Gasteiger partial charge in [0.05, 0.1) is 17.7 Å². The third-order valence-corrected chi connectivity index (χ3v) is 6.05. The largest absolute Gasteiger partial charge is 0.345 e. The Kier molecular flexibility index (Phi) is 3.99. The van der Waals surface area contributed by atoms with E-state index in [1.54, 1.807) is 0 Å². The van der Waals surface area contributed by atoms with Crippen LogP contribution in [0.3, 0.4) is 0 Å². The first kappa shape index (κ1) is 17.9. The lowest BCUT2D eigenvalue weighted by Crippen LogP contribution is -2.56. The molecule has 2 aliphatic rings. The van der Waals surface area contributed by atoms with E-state index in [9.17, 15) is 0 Å². The van der Waals surface area contributed by atoms with Gasteiger partial charge in [0.2, 0.25) is 0 Å². The van der Waals surface area contributed by atoms with Crippen molar-refractivity contribution >= 4 is 22.5 Å². The number of allylic oxidation sites excluding steroid dienone is 2. The van der Waals surface area contributed by atoms with Crippen molar-refractivity contribution < 1.29 is 0 Å². The summed E-state index contributed by atoms with van der Waals surface area (Å²) >= 11 is 0. The molecule has 0 amide bonds. The first-order valence-corrected chi connectivity index (χ1v) is 9.84. The van der Waals surface area contributed by atoms with Crippen LogP contribution in [0.2, 0.25) is 0 Å². The molecule has 2 aliphatic heterocycles. The molecule has 2 aromatic rings. The summed E-state index contributed by atoms with van der Waals surface area (Å²) in [7, 11) is 0. The predicted molar refractivity (Wildman–Crippen MR) is 118 cm³/mol. The average Bonchev–Trinajstić information content (AvgIpc) is 2.60. The molecule has 0 saturated carbocycles. The molecule has 2 aromatic carbocycles. The Balaban J connectivity index is 1.82. The molecule has 27 heavy (non-hydrogen) atoms. The Bertz CT molecular complexity index is 869. The number of fused-ring (bicyclic) bond motifs is 2. The Labute approximate surface area is 163 Å². The van der Waals surface area contributed by atoms with Crippen LogP contribution in [0, 0.1) is 0 Å². The minimum atomic E-state index is -0.0420. The van der Waals surface area contributed by atoms with Crippen LogP contribution >= 0.6 is 0 Å². The number of hydrogen-bond donors (Lipinski definition) is 0. The number of benzene rings is 2. The fraction of sp³-hybridized carbons (Fsp3) is 0.360. The van der Waals surface area contributed by atoms with Crippen molar-refractivity contribution in [3.05, 3.63) is 71.8 Å². The molecule has 2 heteroatoms. The monoisotopic (exact) mass is 358 g/mol. The summed E-state index contributed by atoms with van der Waals surface area (Å²) in [5, 5.41) is 0. The smallest absolute Gasteiger partial charge is 0.0919 e. The Morgan fingerprint density at radius 1 is 0.630 bits per heavy atom. The van der Waals surface area contributed by atoms with Gasteiger partial charge in [-0.3, -0.25) is 0 Å². The van der Waals surface area contributed by atoms with Gasteiger partial charge in [0, 0.05) is 22.5 Å². The summed E-state index contributed by atoms with van der Waals surface area (Å²) in [4.78, 5) is 5.09. The Morgan fingerprint density at radius 3 is 1.41 bits per heavy atom. The minimum absolute atomic E-state index is 0.0420. The second kappa shape index (κ2) is 6.02. The molecule has 0 N–H and O–H groups in total. The molecular weight excluding hydrogens is 328 g/mol. The predicted octanol–water partition coefficient (Wildman–Crippen LogP) is 6.35. The molecule has 4 rings (SSSR count). The fourth-order valence-electron chi connectivity index (χ4n) is 4.74. The van der Waals surface area contributed by atoms with Gasteiger partial charge < -0.3 is 9.80 Å². The van der Waals surface area contributed by atoms with Crippen molar-refractivity contribution in [2.24, 2.45) is 0 Å². The zero-order valence-corrected chi connectivity index (χ0v) is 17.4. The van der Waals surface area contributed by atoms with Gasteiger partial charge in [-0.25, -0.2) is 0 Å². The summed E-state index contributed by atoms with van der Waals surface area (Å²) in [5.41, 5.74) is 7.96. The quantitative estimate of drug-likeness (QED) is 0.617. The molecule has 0 unspecified atom stereocenters. The second-order valence-corrected chi connectivity index (χ2v) is 8.99. The van der Waals surface area contributed by atoms with Crippen molar-refractivity contribution in [3.8, 4) is 0 Å². The van der Waals surface area contributed by atoms with E-state index in [0.29, 0.717) is 0 Å². The third-order valence-electron chi connectivity index (χ3n) is 6.05. The summed E-state index contributed by atoms with van der Waals surface area (Å²) < 4.78 is 0. The number of nitrogens with zero attached hydrogens (tertiary/aromatic N) is 2. The van der Waals surface area contributed by atoms with E-state index in [4.69, 9.17) is 0 Å². The van der Waals surface area contributed by atoms with Gasteiger partial charge in [0.1, 0.15) is 0 Å². The van der Waals surface area contributed by atoms with Gasteiger partial charge >= 0.3 is 0 Å². The molecule has 0 spiro atoms. The van der Waals surface area contributed by atoms with Gasteiger partial charge in [-0.05, 0) is 64.8 Å². The van der Waals surface area contributed by atoms with Crippen molar-refractivity contribution in [1.29, 1.82) is 0 Å². The van der Waals surface area contributed by atoms with E-state index < -0.39 is 0 Å². The standard InChI is InChI=1S/C25H30N2/c1-18-15-24(3,4)26(22-13-9-7-11-20(18)22)17-27-23-14-10-8-12-21(23)19(2)16-25(27,5)6/h7-16H,17H2,1-6H3. The fourth-order valence-corrected chi connectivity index (χ4v) is 4.74. The first-order valence-electron chi connectivity index (χ1n) is 9.84. The van der Waals surface area contributed by atoms with Crippen LogP contribution in [-0.4, -0.2) is 17.7 Å². The maximum atomic E-state index is 2.54. The zero-order valence-electron chi connectivity index (χ0n) is 17.4. The molecule has 0 saturated heterocycles. The SMILES string of the molecule is CC1=CC(C)(C)N(CN2c3ccccc3C(C)=CC2(C)C)c2ccccc21. The van der Waals surface area contributed by atoms with E-state index >= 15 is 0 Å². The molecule has 0 fully saturated rings. The average molecular weight is 359 g/mol. The zero-order chi connectivity index (χ0) is 19.4. The summed E-state index contributed by atoms with van der Waals surface area (Å²) in [5.74, 6) is 0. The lowest BCUT2D eigenvalue weighted by molar-refractivity contribution is 0.487. The molecule has 0 radical (unpaired) electrons. The second-order valence-electron chi connectivity index (χ2n) is 8.99. The lowest BCUT2D eigenvalue weighted by Gasteiger charge is -2.51. The van der Waals surface area contributed by atoms with Crippen LogP contribution < -0.4 is 9.80 Å². The van der Waals surface area contributed by atoms with E-state index in [1.165, 1.54) is 33.6 Å². The van der Waals surface area contributed by atoms with Gasteiger partial charge in [0.15, 0.2) is 0 Å². The number of rotatable bonds is 2. The summed E-state index contributed by atoms with van der Waals surface area (Å²) in [6.45, 7) is 14.6. The van der Waals surface area contributed by atoms with Crippen LogP contribution in [0.5, 0.6) is 0 Å². The molecule has 2 nitrogen and oxygen atoms in total. The van der Waals surface area contributed by atoms with Gasteiger partial charge in [0.25, 0.3) is 0 Å². The highest BCUT2D eigenvalue weighted by Gasteiger charge is 2.37. The topological polar surface area (TPSA) is 6.48 Å². The maximum Gasteiger partial charge on any atom is 0.0919 e. The van der Waals surface area contributed by atoms with Gasteiger partial charge in [-0.1, -0.05) is 48.6 Å². The Morgan fingerprint density at radius 2 is 1.00 bits per heavy atom. The third kappa shape index (κ3) is 2.88. The Hall–Kier alpha value is -2.48. The van der Waals surface area contributed by atoms with Crippen LogP contribution in [0.1, 0.15) is 52.7 Å².